The minimum Gasteiger partial charge on any atom is -0.301 e. The lowest BCUT2D eigenvalue weighted by molar-refractivity contribution is 0.528. The largest absolute Gasteiger partial charge is 0.301 e. The number of nitrogens with one attached hydrogen (secondary N) is 1. The second-order valence-corrected chi connectivity index (χ2v) is 9.66. The van der Waals surface area contributed by atoms with Crippen LogP contribution in [0.25, 0.3) is 0 Å². The fourth-order valence-electron chi connectivity index (χ4n) is 2.03. The van der Waals surface area contributed by atoms with Gasteiger partial charge in [-0.05, 0) is 30.5 Å². The highest BCUT2D eigenvalue weighted by Gasteiger charge is 2.21. The van der Waals surface area contributed by atoms with Crippen LogP contribution in [0.4, 0.5) is 0 Å². The van der Waals surface area contributed by atoms with Crippen LogP contribution in [0, 0.1) is 0 Å². The van der Waals surface area contributed by atoms with Gasteiger partial charge in [0.05, 0.1) is 16.1 Å². The molecule has 2 unspecified atom stereocenters. The highest BCUT2D eigenvalue weighted by atomic mass is 35.5. The van der Waals surface area contributed by atoms with Gasteiger partial charge in [0.1, 0.15) is 9.84 Å². The minimum absolute atomic E-state index is 0.00995. The van der Waals surface area contributed by atoms with Crippen molar-refractivity contribution in [2.75, 3.05) is 12.0 Å². The summed E-state index contributed by atoms with van der Waals surface area (Å²) in [5, 5.41) is 5.40. The van der Waals surface area contributed by atoms with Crippen molar-refractivity contribution in [2.45, 2.75) is 19.0 Å². The molecule has 2 rings (SSSR count). The number of hydrogen-bond donors (Lipinski definition) is 1. The van der Waals surface area contributed by atoms with Crippen molar-refractivity contribution in [2.24, 2.45) is 0 Å². The zero-order chi connectivity index (χ0) is 14.8. The molecule has 0 bridgehead atoms. The Morgan fingerprint density at radius 3 is 2.55 bits per heavy atom. The molecular formula is C13H16ClNO2S3. The maximum Gasteiger partial charge on any atom is 0.148 e. The Morgan fingerprint density at radius 2 is 2.05 bits per heavy atom. The summed E-state index contributed by atoms with van der Waals surface area (Å²) in [4.78, 5) is 2.25. The third kappa shape index (κ3) is 4.56. The predicted octanol–water partition coefficient (Wildman–Crippen LogP) is 3.58. The van der Waals surface area contributed by atoms with Gasteiger partial charge in [-0.25, -0.2) is 8.42 Å². The van der Waals surface area contributed by atoms with Crippen molar-refractivity contribution in [1.29, 1.82) is 0 Å². The molecule has 0 saturated heterocycles. The van der Waals surface area contributed by atoms with Gasteiger partial charge in [-0.3, -0.25) is 0 Å². The van der Waals surface area contributed by atoms with Gasteiger partial charge in [0.25, 0.3) is 0 Å². The Hall–Kier alpha value is -0.400. The number of sulfone groups is 1. The molecule has 0 radical (unpaired) electrons. The van der Waals surface area contributed by atoms with E-state index in [0.717, 1.165) is 14.1 Å². The van der Waals surface area contributed by atoms with E-state index in [9.17, 15) is 8.42 Å². The van der Waals surface area contributed by atoms with Crippen LogP contribution in [0.5, 0.6) is 0 Å². The van der Waals surface area contributed by atoms with Crippen LogP contribution in [0.1, 0.15) is 22.7 Å². The lowest BCUT2D eigenvalue weighted by atomic mass is 10.2. The number of halogens is 1. The van der Waals surface area contributed by atoms with Crippen LogP contribution in [0.2, 0.25) is 4.34 Å². The highest BCUT2D eigenvalue weighted by molar-refractivity contribution is 7.90. The number of hydrogen-bond acceptors (Lipinski definition) is 5. The van der Waals surface area contributed by atoms with Crippen molar-refractivity contribution in [1.82, 2.24) is 5.32 Å². The summed E-state index contributed by atoms with van der Waals surface area (Å²) in [5.74, 6) is 0.119. The first-order valence-corrected chi connectivity index (χ1v) is 10.2. The summed E-state index contributed by atoms with van der Waals surface area (Å²) in [5.41, 5.74) is 0. The second kappa shape index (κ2) is 6.58. The van der Waals surface area contributed by atoms with E-state index in [0.29, 0.717) is 0 Å². The van der Waals surface area contributed by atoms with Crippen LogP contribution in [-0.4, -0.2) is 26.5 Å². The van der Waals surface area contributed by atoms with Crippen LogP contribution >= 0.6 is 34.3 Å². The molecule has 0 aliphatic rings. The Morgan fingerprint density at radius 1 is 1.30 bits per heavy atom. The molecule has 7 heteroatoms. The van der Waals surface area contributed by atoms with E-state index in [4.69, 9.17) is 11.6 Å². The standard InChI is InChI=1S/C13H16ClNO2S3/c1-9(8-20(2,16)17)15-13(10-4-3-7-18-10)11-5-6-12(14)19-11/h3-7,9,13,15H,8H2,1-2H3. The summed E-state index contributed by atoms with van der Waals surface area (Å²) in [6.45, 7) is 1.89. The van der Waals surface area contributed by atoms with Crippen molar-refractivity contribution in [3.8, 4) is 0 Å². The summed E-state index contributed by atoms with van der Waals surface area (Å²) < 4.78 is 23.5. The van der Waals surface area contributed by atoms with Crippen LogP contribution in [0.15, 0.2) is 29.6 Å². The van der Waals surface area contributed by atoms with Crippen LogP contribution in [0.3, 0.4) is 0 Å². The van der Waals surface area contributed by atoms with Gasteiger partial charge in [-0.2, -0.15) is 0 Å². The first-order valence-electron chi connectivity index (χ1n) is 6.07. The first kappa shape index (κ1) is 16.0. The third-order valence-corrected chi connectivity index (χ3v) is 6.05. The monoisotopic (exact) mass is 349 g/mol. The lowest BCUT2D eigenvalue weighted by Gasteiger charge is -2.21. The molecule has 0 amide bonds. The SMILES string of the molecule is CC(CS(C)(=O)=O)NC(c1cccs1)c1ccc(Cl)s1. The average molecular weight is 350 g/mol. The van der Waals surface area contributed by atoms with Crippen molar-refractivity contribution < 1.29 is 8.42 Å². The van der Waals surface area contributed by atoms with E-state index in [1.54, 1.807) is 11.3 Å². The smallest absolute Gasteiger partial charge is 0.148 e. The maximum absolute atomic E-state index is 11.4. The predicted molar refractivity (Wildman–Crippen MR) is 87.8 cm³/mol. The van der Waals surface area contributed by atoms with E-state index in [1.807, 2.05) is 36.6 Å². The zero-order valence-corrected chi connectivity index (χ0v) is 14.4. The molecule has 2 aromatic heterocycles. The molecule has 2 heterocycles. The van der Waals surface area contributed by atoms with E-state index < -0.39 is 9.84 Å². The van der Waals surface area contributed by atoms with E-state index >= 15 is 0 Å². The molecule has 0 aliphatic carbocycles. The van der Waals surface area contributed by atoms with Crippen molar-refractivity contribution in [3.05, 3.63) is 43.7 Å². The normalized spacial score (nSPS) is 15.2. The summed E-state index contributed by atoms with van der Waals surface area (Å²) in [6.07, 6.45) is 1.26. The van der Waals surface area contributed by atoms with Crippen LogP contribution in [-0.2, 0) is 9.84 Å². The summed E-state index contributed by atoms with van der Waals surface area (Å²) in [6, 6.07) is 7.75. The molecule has 0 aliphatic heterocycles. The molecule has 3 nitrogen and oxygen atoms in total. The highest BCUT2D eigenvalue weighted by Crippen LogP contribution is 2.33. The average Bonchev–Trinajstić information content (AvgIpc) is 2.94. The van der Waals surface area contributed by atoms with Gasteiger partial charge in [0.2, 0.25) is 0 Å². The molecule has 2 atom stereocenters. The van der Waals surface area contributed by atoms with Gasteiger partial charge >= 0.3 is 0 Å². The number of thiophene rings is 2. The molecule has 0 spiro atoms. The third-order valence-electron chi connectivity index (χ3n) is 2.71. The lowest BCUT2D eigenvalue weighted by Crippen LogP contribution is -2.35. The fraction of sp³-hybridized carbons (Fsp3) is 0.385. The summed E-state index contributed by atoms with van der Waals surface area (Å²) >= 11 is 9.17. The zero-order valence-electron chi connectivity index (χ0n) is 11.2. The van der Waals surface area contributed by atoms with Gasteiger partial charge in [0, 0.05) is 22.1 Å². The van der Waals surface area contributed by atoms with Crippen molar-refractivity contribution in [3.63, 3.8) is 0 Å². The molecule has 20 heavy (non-hydrogen) atoms. The molecule has 0 saturated carbocycles. The Balaban J connectivity index is 2.20. The molecular weight excluding hydrogens is 334 g/mol. The van der Waals surface area contributed by atoms with Crippen molar-refractivity contribution >= 4 is 44.1 Å². The van der Waals surface area contributed by atoms with Gasteiger partial charge < -0.3 is 5.32 Å². The molecule has 110 valence electrons. The minimum atomic E-state index is -3.00. The quantitative estimate of drug-likeness (QED) is 0.867. The van der Waals surface area contributed by atoms with E-state index in [-0.39, 0.29) is 17.8 Å². The Labute approximate surface area is 132 Å². The molecule has 2 aromatic rings. The van der Waals surface area contributed by atoms with E-state index in [2.05, 4.69) is 5.32 Å². The first-order chi connectivity index (χ1) is 9.35. The Bertz CT molecular complexity index is 649. The molecule has 1 N–H and O–H groups in total. The fourth-order valence-corrected chi connectivity index (χ4v) is 5.05. The van der Waals surface area contributed by atoms with E-state index in [1.165, 1.54) is 17.6 Å². The van der Waals surface area contributed by atoms with Gasteiger partial charge in [-0.15, -0.1) is 22.7 Å². The van der Waals surface area contributed by atoms with Gasteiger partial charge in [0.15, 0.2) is 0 Å². The maximum atomic E-state index is 11.4. The molecule has 0 aromatic carbocycles. The van der Waals surface area contributed by atoms with Crippen LogP contribution < -0.4 is 5.32 Å². The summed E-state index contributed by atoms with van der Waals surface area (Å²) in [7, 11) is -3.00. The second-order valence-electron chi connectivity index (χ2n) is 4.75. The topological polar surface area (TPSA) is 46.2 Å². The molecule has 0 fully saturated rings. The number of rotatable bonds is 6. The Kier molecular flexibility index (Phi) is 5.25. The van der Waals surface area contributed by atoms with Gasteiger partial charge in [-0.1, -0.05) is 17.7 Å².